The maximum Gasteiger partial charge on any atom is 0.334 e. The van der Waals surface area contributed by atoms with Crippen LogP contribution in [0.4, 0.5) is 0 Å². The predicted octanol–water partition coefficient (Wildman–Crippen LogP) is 1.93. The second-order valence-electron chi connectivity index (χ2n) is 3.58. The third-order valence-electron chi connectivity index (χ3n) is 2.38. The van der Waals surface area contributed by atoms with E-state index in [0.717, 1.165) is 6.42 Å². The molecule has 0 N–H and O–H groups in total. The average Bonchev–Trinajstić information content (AvgIpc) is 2.82. The molecule has 0 heterocycles. The molecule has 92 valence electrons. The molecule has 1 aliphatic rings. The highest BCUT2D eigenvalue weighted by Gasteiger charge is 2.27. The van der Waals surface area contributed by atoms with Crippen molar-refractivity contribution in [2.75, 3.05) is 13.2 Å². The van der Waals surface area contributed by atoms with Crippen LogP contribution in [0.2, 0.25) is 0 Å². The minimum atomic E-state index is -0.451. The van der Waals surface area contributed by atoms with E-state index < -0.39 is 11.9 Å². The first kappa shape index (κ1) is 13.2. The lowest BCUT2D eigenvalue weighted by atomic mass is 10.1. The van der Waals surface area contributed by atoms with Crippen LogP contribution in [0.5, 0.6) is 0 Å². The van der Waals surface area contributed by atoms with Gasteiger partial charge in [0, 0.05) is 11.1 Å². The van der Waals surface area contributed by atoms with Crippen LogP contribution >= 0.6 is 0 Å². The van der Waals surface area contributed by atoms with Gasteiger partial charge in [-0.15, -0.1) is 0 Å². The van der Waals surface area contributed by atoms with Gasteiger partial charge in [0.2, 0.25) is 0 Å². The van der Waals surface area contributed by atoms with Gasteiger partial charge in [-0.25, -0.2) is 9.59 Å². The first-order chi connectivity index (χ1) is 8.20. The molecule has 0 fully saturated rings. The molecular formula is C13H16O4. The van der Waals surface area contributed by atoms with E-state index in [-0.39, 0.29) is 13.2 Å². The average molecular weight is 236 g/mol. The summed E-state index contributed by atoms with van der Waals surface area (Å²) in [5, 5.41) is 0. The highest BCUT2D eigenvalue weighted by Crippen LogP contribution is 2.27. The Hall–Kier alpha value is -1.84. The lowest BCUT2D eigenvalue weighted by Crippen LogP contribution is -2.13. The summed E-state index contributed by atoms with van der Waals surface area (Å²) in [5.41, 5.74) is 0.863. The third-order valence-corrected chi connectivity index (χ3v) is 2.38. The Morgan fingerprint density at radius 3 is 1.76 bits per heavy atom. The summed E-state index contributed by atoms with van der Waals surface area (Å²) in [6.45, 7) is 7.22. The van der Waals surface area contributed by atoms with Gasteiger partial charge in [0.25, 0.3) is 0 Å². The SMILES string of the molecule is C=CCOC(=O)C1=C(C(=O)OCC=C)CCC1. The first-order valence-corrected chi connectivity index (χ1v) is 5.48. The molecule has 1 aliphatic carbocycles. The Labute approximate surface area is 101 Å². The van der Waals surface area contributed by atoms with E-state index in [9.17, 15) is 9.59 Å². The van der Waals surface area contributed by atoms with Crippen LogP contribution in [0.3, 0.4) is 0 Å². The molecule has 0 aromatic rings. The summed E-state index contributed by atoms with van der Waals surface area (Å²) < 4.78 is 9.83. The molecule has 0 amide bonds. The van der Waals surface area contributed by atoms with Crippen molar-refractivity contribution in [2.45, 2.75) is 19.3 Å². The van der Waals surface area contributed by atoms with Crippen LogP contribution in [0, 0.1) is 0 Å². The number of carbonyl (C=O) groups excluding carboxylic acids is 2. The Kier molecular flexibility index (Phi) is 5.20. The highest BCUT2D eigenvalue weighted by atomic mass is 16.5. The molecule has 0 aliphatic heterocycles. The minimum Gasteiger partial charge on any atom is -0.458 e. The van der Waals surface area contributed by atoms with Gasteiger partial charge >= 0.3 is 11.9 Å². The van der Waals surface area contributed by atoms with E-state index in [1.54, 1.807) is 0 Å². The van der Waals surface area contributed by atoms with Crippen molar-refractivity contribution in [1.82, 2.24) is 0 Å². The van der Waals surface area contributed by atoms with Crippen LogP contribution in [-0.4, -0.2) is 25.2 Å². The maximum absolute atomic E-state index is 11.6. The topological polar surface area (TPSA) is 52.6 Å². The van der Waals surface area contributed by atoms with E-state index >= 15 is 0 Å². The summed E-state index contributed by atoms with van der Waals surface area (Å²) in [7, 11) is 0. The highest BCUT2D eigenvalue weighted by molar-refractivity contribution is 6.01. The molecule has 0 saturated heterocycles. The molecule has 0 aromatic heterocycles. The molecule has 0 aromatic carbocycles. The van der Waals surface area contributed by atoms with Crippen molar-refractivity contribution in [3.8, 4) is 0 Å². The molecule has 0 radical (unpaired) electrons. The lowest BCUT2D eigenvalue weighted by Gasteiger charge is -2.06. The zero-order chi connectivity index (χ0) is 12.7. The fourth-order valence-electron chi connectivity index (χ4n) is 1.64. The van der Waals surface area contributed by atoms with Crippen molar-refractivity contribution in [3.05, 3.63) is 36.5 Å². The monoisotopic (exact) mass is 236 g/mol. The molecule has 0 unspecified atom stereocenters. The fourth-order valence-corrected chi connectivity index (χ4v) is 1.64. The first-order valence-electron chi connectivity index (χ1n) is 5.48. The van der Waals surface area contributed by atoms with Crippen LogP contribution in [0.1, 0.15) is 19.3 Å². The molecule has 0 saturated carbocycles. The summed E-state index contributed by atoms with van der Waals surface area (Å²) in [4.78, 5) is 23.3. The predicted molar refractivity (Wildman–Crippen MR) is 63.2 cm³/mol. The van der Waals surface area contributed by atoms with E-state index in [0.29, 0.717) is 24.0 Å². The van der Waals surface area contributed by atoms with Crippen molar-refractivity contribution in [3.63, 3.8) is 0 Å². The Bertz CT molecular complexity index is 332. The fraction of sp³-hybridized carbons (Fsp3) is 0.385. The van der Waals surface area contributed by atoms with Gasteiger partial charge in [0.05, 0.1) is 0 Å². The number of rotatable bonds is 6. The molecule has 1 rings (SSSR count). The number of esters is 2. The number of hydrogen-bond acceptors (Lipinski definition) is 4. The standard InChI is InChI=1S/C13H16O4/c1-3-8-16-12(14)10-6-5-7-11(10)13(15)17-9-4-2/h3-4H,1-2,5-9H2. The van der Waals surface area contributed by atoms with E-state index in [2.05, 4.69) is 13.2 Å². The number of carbonyl (C=O) groups is 2. The number of hydrogen-bond donors (Lipinski definition) is 0. The van der Waals surface area contributed by atoms with Gasteiger partial charge in [0.15, 0.2) is 0 Å². The van der Waals surface area contributed by atoms with Crippen LogP contribution in [-0.2, 0) is 19.1 Å². The molecule has 0 spiro atoms. The van der Waals surface area contributed by atoms with Crippen molar-refractivity contribution < 1.29 is 19.1 Å². The van der Waals surface area contributed by atoms with Gasteiger partial charge in [-0.2, -0.15) is 0 Å². The Morgan fingerprint density at radius 2 is 1.41 bits per heavy atom. The van der Waals surface area contributed by atoms with Gasteiger partial charge < -0.3 is 9.47 Å². The summed E-state index contributed by atoms with van der Waals surface area (Å²) in [6.07, 6.45) is 4.88. The zero-order valence-electron chi connectivity index (χ0n) is 9.74. The quantitative estimate of drug-likeness (QED) is 0.522. The third kappa shape index (κ3) is 3.59. The van der Waals surface area contributed by atoms with E-state index in [1.165, 1.54) is 12.2 Å². The molecule has 4 nitrogen and oxygen atoms in total. The van der Waals surface area contributed by atoms with Gasteiger partial charge in [0.1, 0.15) is 13.2 Å². The van der Waals surface area contributed by atoms with Crippen molar-refractivity contribution in [1.29, 1.82) is 0 Å². The molecule has 0 bridgehead atoms. The second-order valence-corrected chi connectivity index (χ2v) is 3.58. The summed E-state index contributed by atoms with van der Waals surface area (Å²) >= 11 is 0. The minimum absolute atomic E-state index is 0.150. The van der Waals surface area contributed by atoms with Crippen molar-refractivity contribution in [2.24, 2.45) is 0 Å². The second kappa shape index (κ2) is 6.68. The largest absolute Gasteiger partial charge is 0.458 e. The Balaban J connectivity index is 2.71. The lowest BCUT2D eigenvalue weighted by molar-refractivity contribution is -0.141. The molecule has 4 heteroatoms. The van der Waals surface area contributed by atoms with Crippen LogP contribution in [0.25, 0.3) is 0 Å². The maximum atomic E-state index is 11.6. The molecule has 0 atom stereocenters. The van der Waals surface area contributed by atoms with Gasteiger partial charge in [-0.1, -0.05) is 25.3 Å². The van der Waals surface area contributed by atoms with Gasteiger partial charge in [-0.3, -0.25) is 0 Å². The van der Waals surface area contributed by atoms with E-state index in [4.69, 9.17) is 9.47 Å². The Morgan fingerprint density at radius 1 is 1.00 bits per heavy atom. The zero-order valence-corrected chi connectivity index (χ0v) is 9.74. The summed E-state index contributed by atoms with van der Waals surface area (Å²) in [5.74, 6) is -0.902. The normalized spacial score (nSPS) is 14.4. The molecular weight excluding hydrogens is 220 g/mol. The van der Waals surface area contributed by atoms with Crippen LogP contribution in [0.15, 0.2) is 36.5 Å². The smallest absolute Gasteiger partial charge is 0.334 e. The number of ether oxygens (including phenoxy) is 2. The van der Waals surface area contributed by atoms with Crippen LogP contribution < -0.4 is 0 Å². The van der Waals surface area contributed by atoms with E-state index in [1.807, 2.05) is 0 Å². The van der Waals surface area contributed by atoms with Crippen molar-refractivity contribution >= 4 is 11.9 Å². The summed E-state index contributed by atoms with van der Waals surface area (Å²) in [6, 6.07) is 0. The van der Waals surface area contributed by atoms with Gasteiger partial charge in [-0.05, 0) is 19.3 Å². The molecule has 17 heavy (non-hydrogen) atoms.